The molecule has 1 saturated heterocycles. The van der Waals surface area contributed by atoms with Crippen LogP contribution in [0, 0.1) is 5.41 Å². The third-order valence-corrected chi connectivity index (χ3v) is 10.3. The van der Waals surface area contributed by atoms with Crippen LogP contribution in [0.1, 0.15) is 59.3 Å². The van der Waals surface area contributed by atoms with Gasteiger partial charge in [0.25, 0.3) is 0 Å². The molecule has 0 radical (unpaired) electrons. The van der Waals surface area contributed by atoms with E-state index < -0.39 is 43.8 Å². The Morgan fingerprint density at radius 2 is 1.94 bits per heavy atom. The SMILES string of the molecule is CCCC(=O)OCC(C)(C)C(=O)SCCOP(=O)(NCc1ccccc1)OC[C@H]1O[C@@H](n2cnc3c(OCC)nc(N)nc32)[C@](C)(O)[C@@H]1O. The van der Waals surface area contributed by atoms with E-state index in [-0.39, 0.29) is 66.0 Å². The standard InChI is InChI=1S/C31H45N6O10PS/c1-6-11-22(38)44-18-30(3,4)28(40)49-15-14-45-48(42,34-16-20-12-9-8-10-13-20)46-17-21-24(39)31(5,41)27(47-21)37-19-33-23-25(37)35-29(32)36-26(23)43-7-2/h8-10,12-13,19,21,24,27,39,41H,6-7,11,14-18H2,1-5H3,(H,34,42)(H2,32,35,36)/t21-,24-,27-,31-,48?/m1/s1. The van der Waals surface area contributed by atoms with E-state index in [1.807, 2.05) is 37.3 Å². The smallest absolute Gasteiger partial charge is 0.405 e. The lowest BCUT2D eigenvalue weighted by molar-refractivity contribution is -0.147. The second-order valence-corrected chi connectivity index (χ2v) is 15.1. The zero-order valence-corrected chi connectivity index (χ0v) is 29.9. The van der Waals surface area contributed by atoms with Gasteiger partial charge in [0.1, 0.15) is 24.4 Å². The quantitative estimate of drug-likeness (QED) is 0.0839. The number of nitrogen functional groups attached to an aromatic ring is 1. The fourth-order valence-electron chi connectivity index (χ4n) is 4.86. The van der Waals surface area contributed by atoms with Crippen molar-refractivity contribution < 1.29 is 47.6 Å². The maximum atomic E-state index is 13.9. The number of aromatic nitrogens is 4. The number of rotatable bonds is 18. The van der Waals surface area contributed by atoms with Gasteiger partial charge in [-0.3, -0.25) is 23.2 Å². The molecule has 1 aliphatic heterocycles. The summed E-state index contributed by atoms with van der Waals surface area (Å²) in [5, 5.41) is 25.1. The van der Waals surface area contributed by atoms with E-state index in [9.17, 15) is 24.4 Å². The second-order valence-electron chi connectivity index (χ2n) is 12.2. The maximum absolute atomic E-state index is 13.9. The van der Waals surface area contributed by atoms with Gasteiger partial charge in [0, 0.05) is 18.7 Å². The van der Waals surface area contributed by atoms with Crippen molar-refractivity contribution in [1.29, 1.82) is 0 Å². The van der Waals surface area contributed by atoms with Gasteiger partial charge in [-0.2, -0.15) is 9.97 Å². The molecule has 0 amide bonds. The van der Waals surface area contributed by atoms with Crippen LogP contribution in [0.25, 0.3) is 11.2 Å². The Morgan fingerprint density at radius 1 is 1.20 bits per heavy atom. The minimum Gasteiger partial charge on any atom is -0.476 e. The number of nitrogens with two attached hydrogens (primary N) is 1. The molecule has 3 heterocycles. The zero-order chi connectivity index (χ0) is 35.8. The topological polar surface area (TPSA) is 219 Å². The van der Waals surface area contributed by atoms with Crippen molar-refractivity contribution in [3.05, 3.63) is 42.2 Å². The summed E-state index contributed by atoms with van der Waals surface area (Å²) in [6.07, 6.45) is -1.57. The van der Waals surface area contributed by atoms with E-state index in [2.05, 4.69) is 20.0 Å². The van der Waals surface area contributed by atoms with Crippen molar-refractivity contribution in [2.75, 3.05) is 37.9 Å². The highest BCUT2D eigenvalue weighted by molar-refractivity contribution is 8.13. The van der Waals surface area contributed by atoms with Gasteiger partial charge in [0.05, 0.1) is 31.6 Å². The van der Waals surface area contributed by atoms with E-state index in [1.54, 1.807) is 20.8 Å². The number of carbonyl (C=O) groups excluding carboxylic acids is 2. The predicted molar refractivity (Wildman–Crippen MR) is 181 cm³/mol. The van der Waals surface area contributed by atoms with Crippen LogP contribution in [0.5, 0.6) is 5.88 Å². The number of benzene rings is 1. The molecule has 270 valence electrons. The molecule has 0 aliphatic carbocycles. The third-order valence-electron chi connectivity index (χ3n) is 7.60. The molecule has 49 heavy (non-hydrogen) atoms. The van der Waals surface area contributed by atoms with Crippen LogP contribution in [0.4, 0.5) is 5.95 Å². The second kappa shape index (κ2) is 16.7. The van der Waals surface area contributed by atoms with Gasteiger partial charge in [-0.25, -0.2) is 14.6 Å². The number of nitrogens with zero attached hydrogens (tertiary/aromatic N) is 4. The van der Waals surface area contributed by atoms with E-state index in [0.717, 1.165) is 17.3 Å². The number of fused-ring (bicyclic) bond motifs is 1. The molecule has 0 spiro atoms. The van der Waals surface area contributed by atoms with Gasteiger partial charge in [0.15, 0.2) is 22.5 Å². The molecule has 1 unspecified atom stereocenters. The van der Waals surface area contributed by atoms with Crippen molar-refractivity contribution in [2.24, 2.45) is 5.41 Å². The van der Waals surface area contributed by atoms with E-state index >= 15 is 0 Å². The summed E-state index contributed by atoms with van der Waals surface area (Å²) in [6, 6.07) is 9.16. The number of esters is 1. The highest BCUT2D eigenvalue weighted by atomic mass is 32.2. The van der Waals surface area contributed by atoms with Crippen LogP contribution in [-0.4, -0.2) is 90.8 Å². The summed E-state index contributed by atoms with van der Waals surface area (Å²) in [7, 11) is -4.07. The Kier molecular flexibility index (Phi) is 13.2. The molecule has 3 aromatic rings. The molecule has 0 bridgehead atoms. The molecule has 5 atom stereocenters. The molecule has 0 saturated carbocycles. The first-order valence-electron chi connectivity index (χ1n) is 15.9. The fourth-order valence-corrected chi connectivity index (χ4v) is 7.09. The lowest BCUT2D eigenvalue weighted by atomic mass is 9.96. The van der Waals surface area contributed by atoms with Crippen LogP contribution in [0.2, 0.25) is 0 Å². The van der Waals surface area contributed by atoms with Crippen LogP contribution < -0.4 is 15.6 Å². The normalized spacial score (nSPS) is 22.2. The van der Waals surface area contributed by atoms with Crippen molar-refractivity contribution in [3.63, 3.8) is 0 Å². The lowest BCUT2D eigenvalue weighted by Crippen LogP contribution is -2.44. The molecule has 2 aromatic heterocycles. The van der Waals surface area contributed by atoms with Gasteiger partial charge in [-0.1, -0.05) is 49.0 Å². The van der Waals surface area contributed by atoms with Gasteiger partial charge < -0.3 is 30.2 Å². The number of nitrogens with one attached hydrogen (secondary N) is 1. The molecule has 4 rings (SSSR count). The lowest BCUT2D eigenvalue weighted by Gasteiger charge is -2.27. The van der Waals surface area contributed by atoms with E-state index in [0.29, 0.717) is 13.0 Å². The van der Waals surface area contributed by atoms with Crippen molar-refractivity contribution in [1.82, 2.24) is 24.6 Å². The Morgan fingerprint density at radius 3 is 2.63 bits per heavy atom. The van der Waals surface area contributed by atoms with Crippen molar-refractivity contribution >= 4 is 47.7 Å². The number of aliphatic hydroxyl groups excluding tert-OH is 1. The number of hydrogen-bond acceptors (Lipinski definition) is 15. The molecule has 18 heteroatoms. The van der Waals surface area contributed by atoms with Crippen LogP contribution in [0.3, 0.4) is 0 Å². The molecular weight excluding hydrogens is 679 g/mol. The number of aliphatic hydroxyl groups is 2. The molecule has 1 fully saturated rings. The Bertz CT molecular complexity index is 1620. The monoisotopic (exact) mass is 724 g/mol. The van der Waals surface area contributed by atoms with Crippen LogP contribution in [-0.2, 0) is 39.2 Å². The number of anilines is 1. The number of hydrogen-bond donors (Lipinski definition) is 4. The van der Waals surface area contributed by atoms with Gasteiger partial charge in [-0.15, -0.1) is 0 Å². The number of ether oxygens (including phenoxy) is 3. The summed E-state index contributed by atoms with van der Waals surface area (Å²) in [5.41, 5.74) is 4.37. The molecule has 5 N–H and O–H groups in total. The fraction of sp³-hybridized carbons (Fsp3) is 0.581. The summed E-state index contributed by atoms with van der Waals surface area (Å²) >= 11 is 0.957. The first-order chi connectivity index (χ1) is 23.2. The first-order valence-corrected chi connectivity index (χ1v) is 18.4. The Hall–Kier alpha value is -3.15. The summed E-state index contributed by atoms with van der Waals surface area (Å²) < 4.78 is 43.6. The predicted octanol–water partition coefficient (Wildman–Crippen LogP) is 3.38. The summed E-state index contributed by atoms with van der Waals surface area (Å²) in [5.74, 6) is -0.163. The molecule has 1 aliphatic rings. The minimum atomic E-state index is -4.07. The van der Waals surface area contributed by atoms with E-state index in [1.165, 1.54) is 17.8 Å². The van der Waals surface area contributed by atoms with Gasteiger partial charge in [-0.05, 0) is 39.7 Å². The Balaban J connectivity index is 1.42. The van der Waals surface area contributed by atoms with Crippen LogP contribution >= 0.6 is 19.5 Å². The van der Waals surface area contributed by atoms with Crippen molar-refractivity contribution in [2.45, 2.75) is 78.0 Å². The molecule has 1 aromatic carbocycles. The average molecular weight is 725 g/mol. The van der Waals surface area contributed by atoms with E-state index in [4.69, 9.17) is 29.0 Å². The maximum Gasteiger partial charge on any atom is 0.405 e. The van der Waals surface area contributed by atoms with Crippen molar-refractivity contribution in [3.8, 4) is 5.88 Å². The highest BCUT2D eigenvalue weighted by Gasteiger charge is 2.54. The summed E-state index contributed by atoms with van der Waals surface area (Å²) in [6.45, 7) is 8.17. The van der Waals surface area contributed by atoms with Crippen LogP contribution in [0.15, 0.2) is 36.7 Å². The summed E-state index contributed by atoms with van der Waals surface area (Å²) in [4.78, 5) is 37.2. The number of imidazole rings is 1. The first kappa shape index (κ1) is 38.6. The average Bonchev–Trinajstić information content (AvgIpc) is 3.58. The third kappa shape index (κ3) is 9.76. The highest BCUT2D eigenvalue weighted by Crippen LogP contribution is 2.47. The van der Waals surface area contributed by atoms with Gasteiger partial charge in [0.2, 0.25) is 11.8 Å². The zero-order valence-electron chi connectivity index (χ0n) is 28.2. The minimum absolute atomic E-state index is 0.0594. The van der Waals surface area contributed by atoms with Gasteiger partial charge >= 0.3 is 13.7 Å². The number of carbonyl (C=O) groups is 2. The largest absolute Gasteiger partial charge is 0.476 e. The molecular formula is C31H45N6O10PS. The molecule has 16 nitrogen and oxygen atoms in total. The number of thioether (sulfide) groups is 1. The Labute approximate surface area is 289 Å².